The molecule has 110 valence electrons. The zero-order valence-electron chi connectivity index (χ0n) is 14.9. The van der Waals surface area contributed by atoms with E-state index in [2.05, 4.69) is 72.5 Å². The number of hydrogen-bond donors (Lipinski definition) is 0. The number of rotatable bonds is 5. The first-order valence-electron chi connectivity index (χ1n) is 6.58. The molecule has 0 aromatic heterocycles. The normalized spacial score (nSPS) is 11.8. The van der Waals surface area contributed by atoms with Crippen molar-refractivity contribution in [2.24, 2.45) is 22.2 Å². The summed E-state index contributed by atoms with van der Waals surface area (Å²) in [5.74, 6) is 1.23. The van der Waals surface area contributed by atoms with Gasteiger partial charge in [-0.05, 0) is 5.41 Å². The largest absolute Gasteiger partial charge is 1.00 e. The number of aliphatic imine (C=N–C) groups is 1. The van der Waals surface area contributed by atoms with Crippen LogP contribution in [-0.4, -0.2) is 12.8 Å². The Morgan fingerprint density at radius 3 is 1.95 bits per heavy atom. The minimum atomic E-state index is 0. The van der Waals surface area contributed by atoms with Crippen LogP contribution in [0.5, 0.6) is 0 Å². The topological polar surface area (TPSA) is 12.4 Å². The predicted molar refractivity (Wildman–Crippen MR) is 86.7 cm³/mol. The van der Waals surface area contributed by atoms with Crippen molar-refractivity contribution in [1.29, 1.82) is 0 Å². The van der Waals surface area contributed by atoms with Gasteiger partial charge in [-0.25, -0.2) is 0 Å². The van der Waals surface area contributed by atoms with Gasteiger partial charge >= 0.3 is 51.4 Å². The van der Waals surface area contributed by atoms with Crippen molar-refractivity contribution in [2.45, 2.75) is 54.9 Å². The van der Waals surface area contributed by atoms with Crippen molar-refractivity contribution >= 4 is 6.21 Å². The van der Waals surface area contributed by atoms with E-state index in [4.69, 9.17) is 0 Å². The fourth-order valence-corrected chi connectivity index (χ4v) is 0.742. The molecular weight excluding hydrogens is 257 g/mol. The molecule has 0 heterocycles. The van der Waals surface area contributed by atoms with Gasteiger partial charge in [0.2, 0.25) is 0 Å². The fourth-order valence-electron chi connectivity index (χ4n) is 0.742. The van der Waals surface area contributed by atoms with E-state index < -0.39 is 0 Å². The van der Waals surface area contributed by atoms with Gasteiger partial charge in [-0.2, -0.15) is 12.3 Å². The summed E-state index contributed by atoms with van der Waals surface area (Å²) in [5.41, 5.74) is 0.331. The molecule has 1 unspecified atom stereocenters. The number of nitrogens with zero attached hydrogens (tertiary/aromatic N) is 1. The van der Waals surface area contributed by atoms with Crippen LogP contribution in [0.25, 0.3) is 0 Å². The smallest absolute Gasteiger partial charge is 0.501 e. The van der Waals surface area contributed by atoms with Gasteiger partial charge in [0.05, 0.1) is 0 Å². The van der Waals surface area contributed by atoms with Crippen LogP contribution in [-0.2, 0) is 0 Å². The molecule has 0 fully saturated rings. The Balaban J connectivity index is -0.000000112. The molecule has 0 aliphatic carbocycles. The monoisotopic (exact) mass is 291 g/mol. The van der Waals surface area contributed by atoms with E-state index in [1.54, 1.807) is 0 Å². The van der Waals surface area contributed by atoms with Crippen molar-refractivity contribution < 1.29 is 51.4 Å². The molecule has 0 bridgehead atoms. The van der Waals surface area contributed by atoms with Gasteiger partial charge in [0.1, 0.15) is 0 Å². The van der Waals surface area contributed by atoms with Crippen LogP contribution < -0.4 is 51.4 Å². The van der Waals surface area contributed by atoms with E-state index in [1.165, 1.54) is 0 Å². The molecule has 19 heavy (non-hydrogen) atoms. The second-order valence-corrected chi connectivity index (χ2v) is 5.93. The molecule has 1 nitrogen and oxygen atoms in total. The molecule has 0 spiro atoms. The van der Waals surface area contributed by atoms with Gasteiger partial charge in [0, 0.05) is 6.54 Å². The Kier molecular flexibility index (Phi) is 25.1. The van der Waals surface area contributed by atoms with Gasteiger partial charge in [0.15, 0.2) is 0 Å². The molecular formula is C17H34KN-2. The predicted octanol–water partition coefficient (Wildman–Crippen LogP) is 2.44. The molecule has 0 aromatic rings. The summed E-state index contributed by atoms with van der Waals surface area (Å²) in [5, 5.41) is 0. The third-order valence-corrected chi connectivity index (χ3v) is 2.33. The summed E-state index contributed by atoms with van der Waals surface area (Å²) < 4.78 is 0. The first kappa shape index (κ1) is 28.1. The third kappa shape index (κ3) is 28.0. The molecule has 0 saturated heterocycles. The van der Waals surface area contributed by atoms with Crippen molar-refractivity contribution in [1.82, 2.24) is 0 Å². The zero-order valence-corrected chi connectivity index (χ0v) is 18.0. The van der Waals surface area contributed by atoms with Gasteiger partial charge < -0.3 is 24.9 Å². The Hall–Kier alpha value is 0.916. The van der Waals surface area contributed by atoms with E-state index in [9.17, 15) is 0 Å². The average Bonchev–Trinajstić information content (AvgIpc) is 2.22. The summed E-state index contributed by atoms with van der Waals surface area (Å²) in [6.07, 6.45) is 7.97. The van der Waals surface area contributed by atoms with Crippen LogP contribution in [0.15, 0.2) is 11.6 Å². The molecule has 2 heteroatoms. The Labute approximate surface area is 166 Å². The molecule has 0 saturated carbocycles. The van der Waals surface area contributed by atoms with E-state index in [-0.39, 0.29) is 58.8 Å². The average molecular weight is 292 g/mol. The van der Waals surface area contributed by atoms with Gasteiger partial charge in [0.25, 0.3) is 0 Å². The summed E-state index contributed by atoms with van der Waals surface area (Å²) >= 11 is 0. The van der Waals surface area contributed by atoms with Crippen molar-refractivity contribution in [3.8, 4) is 0 Å². The SMILES string of the molecule is C=[C-]C(C)C(C)C.CC[CH-]C=NCC(C)(C)C.[CH3-].[K+]. The summed E-state index contributed by atoms with van der Waals surface area (Å²) in [7, 11) is 0. The zero-order chi connectivity index (χ0) is 13.9. The van der Waals surface area contributed by atoms with Crippen LogP contribution in [0.4, 0.5) is 0 Å². The molecule has 0 radical (unpaired) electrons. The van der Waals surface area contributed by atoms with Crippen molar-refractivity contribution in [3.05, 3.63) is 26.5 Å². The molecule has 0 aliphatic rings. The third-order valence-electron chi connectivity index (χ3n) is 2.33. The van der Waals surface area contributed by atoms with E-state index >= 15 is 0 Å². The summed E-state index contributed by atoms with van der Waals surface area (Å²) in [6, 6.07) is 0. The summed E-state index contributed by atoms with van der Waals surface area (Å²) in [6.45, 7) is 19.6. The maximum atomic E-state index is 4.25. The van der Waals surface area contributed by atoms with Crippen molar-refractivity contribution in [2.75, 3.05) is 6.54 Å². The fraction of sp³-hybridized carbons (Fsp3) is 0.706. The number of unbranched alkanes of at least 4 members (excludes halogenated alkanes) is 1. The van der Waals surface area contributed by atoms with E-state index in [0.717, 1.165) is 13.0 Å². The quantitative estimate of drug-likeness (QED) is 0.419. The minimum absolute atomic E-state index is 0. The van der Waals surface area contributed by atoms with Crippen molar-refractivity contribution in [3.63, 3.8) is 0 Å². The standard InChI is InChI=1S/C9H18N.C7H13.CH3.K/c1-5-6-7-10-8-9(2,3)4;1-5-7(4)6(2)3;;/h6-7H,5,8H2,1-4H3;6-7H,1H2,2-4H3;1H3;/q3*-1;+1. The minimum Gasteiger partial charge on any atom is -0.501 e. The first-order chi connectivity index (χ1) is 7.74. The maximum Gasteiger partial charge on any atom is 1.00 e. The molecule has 0 aliphatic heterocycles. The molecule has 0 aromatic carbocycles. The van der Waals surface area contributed by atoms with Crippen LogP contribution in [0, 0.1) is 37.2 Å². The van der Waals surface area contributed by atoms with Gasteiger partial charge in [-0.1, -0.05) is 54.4 Å². The van der Waals surface area contributed by atoms with E-state index in [0.29, 0.717) is 17.3 Å². The Morgan fingerprint density at radius 1 is 1.26 bits per heavy atom. The van der Waals surface area contributed by atoms with Gasteiger partial charge in [-0.3, -0.25) is 6.58 Å². The summed E-state index contributed by atoms with van der Waals surface area (Å²) in [4.78, 5) is 4.25. The number of allylic oxidation sites excluding steroid dienone is 1. The molecule has 0 amide bonds. The first-order valence-corrected chi connectivity index (χ1v) is 6.58. The van der Waals surface area contributed by atoms with Gasteiger partial charge in [-0.15, -0.1) is 6.21 Å². The number of hydrogen-bond acceptors (Lipinski definition) is 1. The van der Waals surface area contributed by atoms with Crippen LogP contribution in [0.3, 0.4) is 0 Å². The Bertz CT molecular complexity index is 202. The second-order valence-electron chi connectivity index (χ2n) is 5.93. The molecule has 0 N–H and O–H groups in total. The van der Waals surface area contributed by atoms with E-state index in [1.807, 2.05) is 6.21 Å². The maximum absolute atomic E-state index is 4.25. The second kappa shape index (κ2) is 17.0. The van der Waals surface area contributed by atoms with Crippen LogP contribution >= 0.6 is 0 Å². The Morgan fingerprint density at radius 2 is 1.74 bits per heavy atom. The molecule has 1 atom stereocenters. The van der Waals surface area contributed by atoms with Crippen LogP contribution in [0.1, 0.15) is 54.9 Å². The molecule has 0 rings (SSSR count). The van der Waals surface area contributed by atoms with Crippen LogP contribution in [0.2, 0.25) is 0 Å².